The molecule has 1 N–H and O–H groups in total. The molecule has 4 rings (SSSR count). The molecule has 0 saturated heterocycles. The van der Waals surface area contributed by atoms with Gasteiger partial charge in [-0.25, -0.2) is 13.2 Å². The number of aliphatic imine (C=N–C) groups is 1. The normalized spacial score (nSPS) is 17.5. The summed E-state index contributed by atoms with van der Waals surface area (Å²) < 4.78 is 28.4. The zero-order valence-electron chi connectivity index (χ0n) is 15.5. The average molecular weight is 495 g/mol. The fraction of sp³-hybridized carbons (Fsp3) is 0.0556. The van der Waals surface area contributed by atoms with E-state index in [-0.39, 0.29) is 31.7 Å². The Morgan fingerprint density at radius 2 is 2.10 bits per heavy atom. The van der Waals surface area contributed by atoms with Gasteiger partial charge in [-0.3, -0.25) is 10.2 Å². The van der Waals surface area contributed by atoms with Gasteiger partial charge in [-0.15, -0.1) is 16.4 Å². The Bertz CT molecular complexity index is 1330. The molecule has 31 heavy (non-hydrogen) atoms. The van der Waals surface area contributed by atoms with Crippen LogP contribution in [0.4, 0.5) is 0 Å². The van der Waals surface area contributed by atoms with E-state index in [1.165, 1.54) is 29.5 Å². The number of carbonyl (C=O) groups excluding carboxylic acids is 2. The first-order valence-corrected chi connectivity index (χ1v) is 12.4. The van der Waals surface area contributed by atoms with Crippen LogP contribution in [0.25, 0.3) is 6.08 Å². The largest absolute Gasteiger partial charge is 0.421 e. The van der Waals surface area contributed by atoms with Crippen molar-refractivity contribution < 1.29 is 22.7 Å². The van der Waals surface area contributed by atoms with Gasteiger partial charge < -0.3 is 4.74 Å². The number of hydrazone groups is 1. The molecule has 0 atom stereocenters. The summed E-state index contributed by atoms with van der Waals surface area (Å²) >= 11 is 8.16. The molecule has 2 aromatic rings. The highest BCUT2D eigenvalue weighted by molar-refractivity contribution is 8.42. The minimum absolute atomic E-state index is 0.00134. The molecule has 3 heterocycles. The number of carbonyl (C=O) groups is 2. The van der Waals surface area contributed by atoms with Gasteiger partial charge in [0.15, 0.2) is 5.84 Å². The average Bonchev–Trinajstić information content (AvgIpc) is 3.36. The van der Waals surface area contributed by atoms with Crippen LogP contribution in [0.3, 0.4) is 0 Å². The molecular weight excluding hydrogens is 484 g/mol. The maximum Gasteiger partial charge on any atom is 0.353 e. The Hall–Kier alpha value is -2.80. The van der Waals surface area contributed by atoms with Crippen molar-refractivity contribution in [1.29, 1.82) is 5.41 Å². The summed E-state index contributed by atoms with van der Waals surface area (Å²) in [7, 11) is -3.61. The number of rotatable bonds is 3. The van der Waals surface area contributed by atoms with E-state index >= 15 is 0 Å². The van der Waals surface area contributed by atoms with Crippen LogP contribution in [-0.2, 0) is 14.6 Å². The molecular formula is C18H11ClN4O5S3. The number of halogens is 1. The lowest BCUT2D eigenvalue weighted by Gasteiger charge is -2.20. The zero-order valence-corrected chi connectivity index (χ0v) is 18.7. The Labute approximate surface area is 189 Å². The quantitative estimate of drug-likeness (QED) is 0.394. The molecule has 2 aliphatic rings. The zero-order chi connectivity index (χ0) is 22.3. The lowest BCUT2D eigenvalue weighted by atomic mass is 10.1. The highest BCUT2D eigenvalue weighted by Crippen LogP contribution is 2.31. The van der Waals surface area contributed by atoms with Gasteiger partial charge in [0.25, 0.3) is 5.91 Å². The maximum atomic E-state index is 12.4. The second-order valence-corrected chi connectivity index (χ2v) is 10.7. The van der Waals surface area contributed by atoms with Gasteiger partial charge in [0.1, 0.15) is 10.6 Å². The number of sulfone groups is 1. The summed E-state index contributed by atoms with van der Waals surface area (Å²) in [6.45, 7) is 0. The van der Waals surface area contributed by atoms with Gasteiger partial charge in [-0.1, -0.05) is 23.7 Å². The minimum atomic E-state index is -3.61. The molecule has 0 radical (unpaired) electrons. The maximum absolute atomic E-state index is 12.4. The van der Waals surface area contributed by atoms with E-state index in [0.717, 1.165) is 11.3 Å². The summed E-state index contributed by atoms with van der Waals surface area (Å²) in [5, 5.41) is 15.0. The van der Waals surface area contributed by atoms with Gasteiger partial charge in [-0.2, -0.15) is 10.0 Å². The minimum Gasteiger partial charge on any atom is -0.421 e. The highest BCUT2D eigenvalue weighted by atomic mass is 35.5. The number of fused-ring (bicyclic) bond motifs is 1. The Morgan fingerprint density at radius 3 is 2.74 bits per heavy atom. The fourth-order valence-corrected chi connectivity index (χ4v) is 5.04. The first-order chi connectivity index (χ1) is 14.6. The second kappa shape index (κ2) is 8.04. The third-order valence-electron chi connectivity index (χ3n) is 3.95. The Morgan fingerprint density at radius 1 is 1.32 bits per heavy atom. The molecule has 13 heteroatoms. The van der Waals surface area contributed by atoms with Crippen molar-refractivity contribution in [1.82, 2.24) is 5.01 Å². The van der Waals surface area contributed by atoms with Crippen molar-refractivity contribution in [2.75, 3.05) is 6.26 Å². The van der Waals surface area contributed by atoms with E-state index in [1.54, 1.807) is 23.6 Å². The molecule has 0 fully saturated rings. The van der Waals surface area contributed by atoms with Crippen LogP contribution in [0, 0.1) is 5.41 Å². The van der Waals surface area contributed by atoms with E-state index in [0.29, 0.717) is 22.2 Å². The second-order valence-electron chi connectivity index (χ2n) is 6.21. The molecule has 0 unspecified atom stereocenters. The van der Waals surface area contributed by atoms with Crippen molar-refractivity contribution in [3.8, 4) is 5.75 Å². The number of amidine groups is 2. The highest BCUT2D eigenvalue weighted by Gasteiger charge is 2.38. The van der Waals surface area contributed by atoms with E-state index in [2.05, 4.69) is 10.1 Å². The molecule has 1 amide bonds. The van der Waals surface area contributed by atoms with Gasteiger partial charge in [0, 0.05) is 6.26 Å². The molecule has 158 valence electrons. The number of hydrogen-bond donors (Lipinski definition) is 1. The molecule has 0 aliphatic carbocycles. The van der Waals surface area contributed by atoms with Crippen LogP contribution < -0.4 is 4.74 Å². The van der Waals surface area contributed by atoms with Crippen LogP contribution in [0.15, 0.2) is 51.4 Å². The number of thiophene rings is 1. The predicted octanol–water partition coefficient (Wildman–Crippen LogP) is 3.24. The number of hydrogen-bond acceptors (Lipinski definition) is 9. The Kier molecular flexibility index (Phi) is 5.56. The standard InChI is InChI=1S/C18H11ClN4O5S3/c1-31(26,27)18-22-23-14(20)10(15(24)21-17(23)30-18)7-9-4-5-12(11(19)8-9)28-16(25)13-3-2-6-29-13/h2-8,20H,1H3/b10-7+,20-14?. The molecule has 0 bridgehead atoms. The molecule has 0 saturated carbocycles. The summed E-state index contributed by atoms with van der Waals surface area (Å²) in [4.78, 5) is 28.7. The number of nitrogens with one attached hydrogen (secondary N) is 1. The first-order valence-electron chi connectivity index (χ1n) is 8.39. The van der Waals surface area contributed by atoms with E-state index < -0.39 is 21.7 Å². The number of ether oxygens (including phenoxy) is 1. The first kappa shape index (κ1) is 21.4. The molecule has 1 aromatic heterocycles. The van der Waals surface area contributed by atoms with Gasteiger partial charge >= 0.3 is 5.97 Å². The Balaban J connectivity index is 1.59. The van der Waals surface area contributed by atoms with Gasteiger partial charge in [0.05, 0.1) is 10.6 Å². The van der Waals surface area contributed by atoms with Crippen molar-refractivity contribution >= 4 is 77.9 Å². The van der Waals surface area contributed by atoms with Gasteiger partial charge in [0.2, 0.25) is 19.4 Å². The van der Waals surface area contributed by atoms with Crippen LogP contribution in [0.2, 0.25) is 5.02 Å². The lowest BCUT2D eigenvalue weighted by Crippen LogP contribution is -2.35. The SMILES string of the molecule is CS(=O)(=O)C1=NN2C(=N)/C(=C\c3ccc(OC(=O)c4cccs4)c(Cl)c3)C(=O)N=C2S1. The number of amides is 1. The number of thioether (sulfide) groups is 1. The van der Waals surface area contributed by atoms with Crippen LogP contribution in [0.1, 0.15) is 15.2 Å². The summed E-state index contributed by atoms with van der Waals surface area (Å²) in [5.74, 6) is -1.42. The smallest absolute Gasteiger partial charge is 0.353 e. The topological polar surface area (TPSA) is 129 Å². The van der Waals surface area contributed by atoms with Crippen molar-refractivity contribution in [3.63, 3.8) is 0 Å². The van der Waals surface area contributed by atoms with E-state index in [1.807, 2.05) is 0 Å². The monoisotopic (exact) mass is 494 g/mol. The number of esters is 1. The van der Waals surface area contributed by atoms with Crippen molar-refractivity contribution in [2.45, 2.75) is 0 Å². The van der Waals surface area contributed by atoms with Crippen LogP contribution >= 0.6 is 34.7 Å². The third kappa shape index (κ3) is 4.32. The van der Waals surface area contributed by atoms with E-state index in [9.17, 15) is 18.0 Å². The summed E-state index contributed by atoms with van der Waals surface area (Å²) in [5.41, 5.74) is 0.356. The molecule has 2 aliphatic heterocycles. The number of benzene rings is 1. The molecule has 1 aromatic carbocycles. The van der Waals surface area contributed by atoms with Gasteiger partial charge in [-0.05, 0) is 47.0 Å². The molecule has 9 nitrogen and oxygen atoms in total. The summed E-state index contributed by atoms with van der Waals surface area (Å²) in [6.07, 6.45) is 2.36. The predicted molar refractivity (Wildman–Crippen MR) is 121 cm³/mol. The van der Waals surface area contributed by atoms with E-state index in [4.69, 9.17) is 21.7 Å². The van der Waals surface area contributed by atoms with Crippen molar-refractivity contribution in [2.24, 2.45) is 10.1 Å². The third-order valence-corrected chi connectivity index (χ3v) is 7.67. The van der Waals surface area contributed by atoms with Crippen molar-refractivity contribution in [3.05, 3.63) is 56.7 Å². The molecule has 0 spiro atoms. The lowest BCUT2D eigenvalue weighted by molar-refractivity contribution is -0.114. The summed E-state index contributed by atoms with van der Waals surface area (Å²) in [6, 6.07) is 7.85. The number of nitrogens with zero attached hydrogens (tertiary/aromatic N) is 3. The van der Waals surface area contributed by atoms with Crippen LogP contribution in [0.5, 0.6) is 5.75 Å². The van der Waals surface area contributed by atoms with Crippen LogP contribution in [-0.4, -0.2) is 46.9 Å². The fourth-order valence-electron chi connectivity index (χ4n) is 2.53.